The van der Waals surface area contributed by atoms with E-state index in [0.29, 0.717) is 6.42 Å². The Balaban J connectivity index is 2.95. The molecule has 18 heavy (non-hydrogen) atoms. The van der Waals surface area contributed by atoms with E-state index in [1.165, 1.54) is 0 Å². The van der Waals surface area contributed by atoms with Crippen molar-refractivity contribution in [3.8, 4) is 5.75 Å². The van der Waals surface area contributed by atoms with Gasteiger partial charge in [-0.25, -0.2) is 0 Å². The monoisotopic (exact) mass is 248 g/mol. The highest BCUT2D eigenvalue weighted by molar-refractivity contribution is 5.70. The minimum atomic E-state index is -0.762. The molecule has 0 radical (unpaired) electrons. The number of carboxylic acid groups (broad SMARTS) is 1. The highest BCUT2D eigenvalue weighted by atomic mass is 16.5. The molecule has 1 rings (SSSR count). The highest BCUT2D eigenvalue weighted by Gasteiger charge is 2.06. The number of aliphatic carboxylic acids is 1. The van der Waals surface area contributed by atoms with Crippen molar-refractivity contribution in [2.45, 2.75) is 33.6 Å². The van der Waals surface area contributed by atoms with Crippen molar-refractivity contribution < 1.29 is 14.6 Å². The molecule has 0 aliphatic rings. The van der Waals surface area contributed by atoms with Crippen molar-refractivity contribution in [2.75, 3.05) is 7.11 Å². The van der Waals surface area contributed by atoms with Crippen LogP contribution in [0.5, 0.6) is 5.75 Å². The Hall–Kier alpha value is -1.77. The summed E-state index contributed by atoms with van der Waals surface area (Å²) in [7, 11) is 1.66. The first kappa shape index (κ1) is 14.3. The van der Waals surface area contributed by atoms with Crippen molar-refractivity contribution >= 4 is 11.5 Å². The van der Waals surface area contributed by atoms with E-state index < -0.39 is 5.97 Å². The fourth-order valence-corrected chi connectivity index (χ4v) is 1.96. The zero-order valence-electron chi connectivity index (χ0n) is 11.4. The minimum absolute atomic E-state index is 0.172. The van der Waals surface area contributed by atoms with Gasteiger partial charge in [-0.3, -0.25) is 4.79 Å². The summed E-state index contributed by atoms with van der Waals surface area (Å²) in [5.41, 5.74) is 4.49. The van der Waals surface area contributed by atoms with Crippen LogP contribution in [0, 0.1) is 13.8 Å². The molecular weight excluding hydrogens is 228 g/mol. The number of ether oxygens (including phenoxy) is 1. The lowest BCUT2D eigenvalue weighted by molar-refractivity contribution is -0.136. The van der Waals surface area contributed by atoms with Gasteiger partial charge in [-0.1, -0.05) is 6.08 Å². The lowest BCUT2D eigenvalue weighted by Gasteiger charge is -2.11. The van der Waals surface area contributed by atoms with Crippen LogP contribution in [-0.2, 0) is 4.79 Å². The summed E-state index contributed by atoms with van der Waals surface area (Å²) >= 11 is 0. The number of hydrogen-bond donors (Lipinski definition) is 1. The smallest absolute Gasteiger partial charge is 0.303 e. The van der Waals surface area contributed by atoms with E-state index in [-0.39, 0.29) is 6.42 Å². The molecule has 1 N–H and O–H groups in total. The zero-order chi connectivity index (χ0) is 13.7. The molecule has 3 nitrogen and oxygen atoms in total. The molecule has 0 spiro atoms. The number of hydrogen-bond acceptors (Lipinski definition) is 2. The third kappa shape index (κ3) is 3.62. The maximum absolute atomic E-state index is 10.5. The summed E-state index contributed by atoms with van der Waals surface area (Å²) in [6.07, 6.45) is 2.71. The number of rotatable bonds is 5. The Labute approximate surface area is 108 Å². The third-order valence-corrected chi connectivity index (χ3v) is 2.98. The summed E-state index contributed by atoms with van der Waals surface area (Å²) < 4.78 is 5.28. The Morgan fingerprint density at radius 3 is 2.56 bits per heavy atom. The van der Waals surface area contributed by atoms with Crippen LogP contribution in [0.3, 0.4) is 0 Å². The van der Waals surface area contributed by atoms with Crippen LogP contribution >= 0.6 is 0 Å². The predicted molar refractivity (Wildman–Crippen MR) is 73.0 cm³/mol. The van der Waals surface area contributed by atoms with E-state index in [1.807, 2.05) is 32.9 Å². The summed E-state index contributed by atoms with van der Waals surface area (Å²) in [4.78, 5) is 10.5. The van der Waals surface area contributed by atoms with Gasteiger partial charge in [0.2, 0.25) is 0 Å². The van der Waals surface area contributed by atoms with Gasteiger partial charge in [-0.2, -0.15) is 0 Å². The van der Waals surface area contributed by atoms with E-state index in [2.05, 4.69) is 6.07 Å². The van der Waals surface area contributed by atoms with Crippen LogP contribution in [0.2, 0.25) is 0 Å². The van der Waals surface area contributed by atoms with Crippen LogP contribution in [0.4, 0.5) is 0 Å². The van der Waals surface area contributed by atoms with Crippen LogP contribution in [0.1, 0.15) is 36.5 Å². The fourth-order valence-electron chi connectivity index (χ4n) is 1.96. The molecular formula is C15H20O3. The first-order valence-corrected chi connectivity index (χ1v) is 6.00. The second-order valence-corrected chi connectivity index (χ2v) is 4.46. The lowest BCUT2D eigenvalue weighted by Crippen LogP contribution is -1.94. The Bertz CT molecular complexity index is 473. The van der Waals surface area contributed by atoms with Crippen molar-refractivity contribution in [3.63, 3.8) is 0 Å². The number of carbonyl (C=O) groups is 1. The van der Waals surface area contributed by atoms with Crippen molar-refractivity contribution in [3.05, 3.63) is 34.9 Å². The largest absolute Gasteiger partial charge is 0.496 e. The molecule has 0 saturated carbocycles. The average molecular weight is 248 g/mol. The van der Waals surface area contributed by atoms with Crippen LogP contribution in [0.25, 0.3) is 5.57 Å². The number of allylic oxidation sites excluding steroid dienone is 2. The molecule has 0 amide bonds. The normalized spacial score (nSPS) is 11.4. The highest BCUT2D eigenvalue weighted by Crippen LogP contribution is 2.27. The van der Waals surface area contributed by atoms with Crippen molar-refractivity contribution in [1.29, 1.82) is 0 Å². The summed E-state index contributed by atoms with van der Waals surface area (Å²) in [5, 5.41) is 8.62. The molecule has 0 fully saturated rings. The van der Waals surface area contributed by atoms with Crippen LogP contribution in [0.15, 0.2) is 18.2 Å². The molecule has 0 saturated heterocycles. The van der Waals surface area contributed by atoms with E-state index in [0.717, 1.165) is 28.0 Å². The molecule has 98 valence electrons. The van der Waals surface area contributed by atoms with Gasteiger partial charge in [0.15, 0.2) is 0 Å². The van der Waals surface area contributed by atoms with Crippen molar-refractivity contribution in [1.82, 2.24) is 0 Å². The molecule has 0 aliphatic heterocycles. The van der Waals surface area contributed by atoms with E-state index in [9.17, 15) is 4.79 Å². The molecule has 0 aliphatic carbocycles. The molecule has 0 aromatic heterocycles. The van der Waals surface area contributed by atoms with Crippen LogP contribution in [-0.4, -0.2) is 18.2 Å². The first-order chi connectivity index (χ1) is 8.45. The average Bonchev–Trinajstić information content (AvgIpc) is 2.30. The lowest BCUT2D eigenvalue weighted by atomic mass is 9.98. The van der Waals surface area contributed by atoms with Gasteiger partial charge >= 0.3 is 5.97 Å². The van der Waals surface area contributed by atoms with Gasteiger partial charge in [0, 0.05) is 6.42 Å². The Morgan fingerprint density at radius 1 is 1.33 bits per heavy atom. The predicted octanol–water partition coefficient (Wildman–Crippen LogP) is 3.58. The van der Waals surface area contributed by atoms with Crippen molar-refractivity contribution in [2.24, 2.45) is 0 Å². The SMILES string of the molecule is COc1cc(C)c(/C(C)=C/CCC(=O)O)cc1C. The van der Waals surface area contributed by atoms with Gasteiger partial charge in [0.1, 0.15) is 5.75 Å². The van der Waals surface area contributed by atoms with E-state index in [1.54, 1.807) is 7.11 Å². The number of aryl methyl sites for hydroxylation is 2. The third-order valence-electron chi connectivity index (χ3n) is 2.98. The molecule has 1 aromatic carbocycles. The van der Waals surface area contributed by atoms with Gasteiger partial charge in [0.25, 0.3) is 0 Å². The minimum Gasteiger partial charge on any atom is -0.496 e. The number of methoxy groups -OCH3 is 1. The second-order valence-electron chi connectivity index (χ2n) is 4.46. The Kier molecular flexibility index (Phi) is 4.95. The number of carboxylic acids is 1. The molecule has 0 atom stereocenters. The van der Waals surface area contributed by atoms with Gasteiger partial charge in [0.05, 0.1) is 7.11 Å². The van der Waals surface area contributed by atoms with Gasteiger partial charge in [-0.15, -0.1) is 0 Å². The summed E-state index contributed by atoms with van der Waals surface area (Å²) in [6.45, 7) is 6.05. The maximum atomic E-state index is 10.5. The number of benzene rings is 1. The molecule has 0 heterocycles. The molecule has 0 bridgehead atoms. The topological polar surface area (TPSA) is 46.5 Å². The van der Waals surface area contributed by atoms with E-state index in [4.69, 9.17) is 9.84 Å². The van der Waals surface area contributed by atoms with Crippen LogP contribution < -0.4 is 4.74 Å². The second kappa shape index (κ2) is 6.24. The van der Waals surface area contributed by atoms with Gasteiger partial charge in [-0.05, 0) is 61.6 Å². The first-order valence-electron chi connectivity index (χ1n) is 6.00. The van der Waals surface area contributed by atoms with Gasteiger partial charge < -0.3 is 9.84 Å². The maximum Gasteiger partial charge on any atom is 0.303 e. The summed E-state index contributed by atoms with van der Waals surface area (Å²) in [5.74, 6) is 0.122. The molecule has 3 heteroatoms. The molecule has 1 aromatic rings. The standard InChI is InChI=1S/C15H20O3/c1-10(6-5-7-15(16)17)13-8-12(3)14(18-4)9-11(13)2/h6,8-9H,5,7H2,1-4H3,(H,16,17)/b10-6+. The fraction of sp³-hybridized carbons (Fsp3) is 0.400. The van der Waals surface area contributed by atoms with E-state index >= 15 is 0 Å². The summed E-state index contributed by atoms with van der Waals surface area (Å²) in [6, 6.07) is 4.10. The quantitative estimate of drug-likeness (QED) is 0.866. The molecule has 0 unspecified atom stereocenters. The zero-order valence-corrected chi connectivity index (χ0v) is 11.4. The Morgan fingerprint density at radius 2 is 2.00 bits per heavy atom.